The van der Waals surface area contributed by atoms with Gasteiger partial charge in [-0.3, -0.25) is 0 Å². The molecule has 2 rings (SSSR count). The van der Waals surface area contributed by atoms with E-state index < -0.39 is 0 Å². The van der Waals surface area contributed by atoms with Crippen LogP contribution in [-0.2, 0) is 0 Å². The van der Waals surface area contributed by atoms with E-state index in [1.165, 1.54) is 45.3 Å². The predicted octanol–water partition coefficient (Wildman–Crippen LogP) is 1.21. The molecule has 1 saturated heterocycles. The van der Waals surface area contributed by atoms with Gasteiger partial charge in [0.1, 0.15) is 0 Å². The quantitative estimate of drug-likeness (QED) is 0.671. The van der Waals surface area contributed by atoms with Crippen molar-refractivity contribution in [3.63, 3.8) is 0 Å². The van der Waals surface area contributed by atoms with Crippen LogP contribution in [0.5, 0.6) is 0 Å². The zero-order valence-corrected chi connectivity index (χ0v) is 8.05. The fraction of sp³-hybridized carbons (Fsp3) is 1.00. The summed E-state index contributed by atoms with van der Waals surface area (Å²) in [5.41, 5.74) is 6.18. The Bertz CT molecular complexity index is 151. The standard InChI is InChI=1S/C10H20N2/c1-10(11)4-6-12(7-5-10)8-9-2-3-9/h9H,2-8,11H2,1H3. The predicted molar refractivity (Wildman–Crippen MR) is 51.0 cm³/mol. The van der Waals surface area contributed by atoms with Crippen LogP contribution in [0, 0.1) is 5.92 Å². The molecule has 2 heteroatoms. The van der Waals surface area contributed by atoms with Crippen molar-refractivity contribution in [2.75, 3.05) is 19.6 Å². The Labute approximate surface area is 75.1 Å². The second kappa shape index (κ2) is 3.00. The van der Waals surface area contributed by atoms with Gasteiger partial charge in [0.15, 0.2) is 0 Å². The maximum atomic E-state index is 6.06. The van der Waals surface area contributed by atoms with E-state index in [1.54, 1.807) is 0 Å². The number of hydrogen-bond donors (Lipinski definition) is 1. The van der Waals surface area contributed by atoms with Gasteiger partial charge in [-0.05, 0) is 51.6 Å². The molecule has 0 bridgehead atoms. The van der Waals surface area contributed by atoms with E-state index in [0.29, 0.717) is 0 Å². The van der Waals surface area contributed by atoms with Gasteiger partial charge in [-0.2, -0.15) is 0 Å². The van der Waals surface area contributed by atoms with E-state index >= 15 is 0 Å². The summed E-state index contributed by atoms with van der Waals surface area (Å²) in [5.74, 6) is 1.03. The number of nitrogens with two attached hydrogens (primary N) is 1. The third kappa shape index (κ3) is 2.20. The zero-order valence-electron chi connectivity index (χ0n) is 8.05. The molecule has 1 saturated carbocycles. The molecule has 1 aliphatic heterocycles. The third-order valence-electron chi connectivity index (χ3n) is 3.21. The second-order valence-electron chi connectivity index (χ2n) is 4.90. The van der Waals surface area contributed by atoms with Gasteiger partial charge >= 0.3 is 0 Å². The molecule has 0 aromatic rings. The van der Waals surface area contributed by atoms with Gasteiger partial charge in [-0.1, -0.05) is 0 Å². The van der Waals surface area contributed by atoms with Crippen LogP contribution in [-0.4, -0.2) is 30.1 Å². The molecular weight excluding hydrogens is 148 g/mol. The number of hydrogen-bond acceptors (Lipinski definition) is 2. The van der Waals surface area contributed by atoms with Crippen molar-refractivity contribution in [2.45, 2.75) is 38.1 Å². The van der Waals surface area contributed by atoms with E-state index in [9.17, 15) is 0 Å². The molecule has 2 N–H and O–H groups in total. The first-order valence-electron chi connectivity index (χ1n) is 5.17. The molecule has 0 unspecified atom stereocenters. The molecule has 2 nitrogen and oxygen atoms in total. The van der Waals surface area contributed by atoms with E-state index in [2.05, 4.69) is 11.8 Å². The van der Waals surface area contributed by atoms with E-state index in [1.807, 2.05) is 0 Å². The molecular formula is C10H20N2. The van der Waals surface area contributed by atoms with Crippen molar-refractivity contribution >= 4 is 0 Å². The zero-order chi connectivity index (χ0) is 8.60. The first-order valence-corrected chi connectivity index (χ1v) is 5.17. The van der Waals surface area contributed by atoms with Gasteiger partial charge in [-0.15, -0.1) is 0 Å². The molecule has 70 valence electrons. The molecule has 0 aromatic heterocycles. The highest BCUT2D eigenvalue weighted by molar-refractivity contribution is 4.87. The molecule has 0 radical (unpaired) electrons. The summed E-state index contributed by atoms with van der Waals surface area (Å²) in [6, 6.07) is 0. The van der Waals surface area contributed by atoms with Crippen LogP contribution < -0.4 is 5.73 Å². The van der Waals surface area contributed by atoms with Crippen molar-refractivity contribution in [1.82, 2.24) is 4.90 Å². The highest BCUT2D eigenvalue weighted by Crippen LogP contribution is 2.31. The summed E-state index contributed by atoms with van der Waals surface area (Å²) in [6.45, 7) is 5.98. The van der Waals surface area contributed by atoms with Crippen LogP contribution in [0.25, 0.3) is 0 Å². The van der Waals surface area contributed by atoms with Crippen LogP contribution in [0.2, 0.25) is 0 Å². The lowest BCUT2D eigenvalue weighted by Crippen LogP contribution is -2.48. The van der Waals surface area contributed by atoms with Gasteiger partial charge < -0.3 is 10.6 Å². The molecule has 1 heterocycles. The Morgan fingerprint density at radius 1 is 1.33 bits per heavy atom. The fourth-order valence-corrected chi connectivity index (χ4v) is 1.91. The van der Waals surface area contributed by atoms with Gasteiger partial charge in [-0.25, -0.2) is 0 Å². The molecule has 0 atom stereocenters. The number of likely N-dealkylation sites (tertiary alicyclic amines) is 1. The summed E-state index contributed by atoms with van der Waals surface area (Å²) < 4.78 is 0. The first kappa shape index (κ1) is 8.52. The minimum Gasteiger partial charge on any atom is -0.325 e. The lowest BCUT2D eigenvalue weighted by Gasteiger charge is -2.36. The average molecular weight is 168 g/mol. The van der Waals surface area contributed by atoms with E-state index in [-0.39, 0.29) is 5.54 Å². The first-order chi connectivity index (χ1) is 5.66. The summed E-state index contributed by atoms with van der Waals surface area (Å²) in [5, 5.41) is 0. The third-order valence-corrected chi connectivity index (χ3v) is 3.21. The van der Waals surface area contributed by atoms with Crippen LogP contribution in [0.4, 0.5) is 0 Å². The molecule has 0 spiro atoms. The Hall–Kier alpha value is -0.0800. The van der Waals surface area contributed by atoms with Gasteiger partial charge in [0.2, 0.25) is 0 Å². The largest absolute Gasteiger partial charge is 0.325 e. The highest BCUT2D eigenvalue weighted by Gasteiger charge is 2.29. The fourth-order valence-electron chi connectivity index (χ4n) is 1.91. The summed E-state index contributed by atoms with van der Waals surface area (Å²) in [4.78, 5) is 2.59. The number of piperidine rings is 1. The Morgan fingerprint density at radius 3 is 2.42 bits per heavy atom. The van der Waals surface area contributed by atoms with Crippen molar-refractivity contribution in [1.29, 1.82) is 0 Å². The van der Waals surface area contributed by atoms with Crippen LogP contribution in [0.1, 0.15) is 32.6 Å². The van der Waals surface area contributed by atoms with Crippen molar-refractivity contribution in [3.05, 3.63) is 0 Å². The van der Waals surface area contributed by atoms with Gasteiger partial charge in [0.05, 0.1) is 0 Å². The highest BCUT2D eigenvalue weighted by atomic mass is 15.1. The van der Waals surface area contributed by atoms with Gasteiger partial charge in [0, 0.05) is 12.1 Å². The second-order valence-corrected chi connectivity index (χ2v) is 4.90. The Kier molecular flexibility index (Phi) is 2.13. The maximum absolute atomic E-state index is 6.06. The monoisotopic (exact) mass is 168 g/mol. The summed E-state index contributed by atoms with van der Waals surface area (Å²) in [7, 11) is 0. The summed E-state index contributed by atoms with van der Waals surface area (Å²) in [6.07, 6.45) is 5.30. The minimum atomic E-state index is 0.125. The minimum absolute atomic E-state index is 0.125. The molecule has 12 heavy (non-hydrogen) atoms. The lowest BCUT2D eigenvalue weighted by molar-refractivity contribution is 0.166. The van der Waals surface area contributed by atoms with E-state index in [0.717, 1.165) is 5.92 Å². The van der Waals surface area contributed by atoms with Crippen LogP contribution in [0.3, 0.4) is 0 Å². The van der Waals surface area contributed by atoms with Crippen LogP contribution in [0.15, 0.2) is 0 Å². The smallest absolute Gasteiger partial charge is 0.0150 e. The summed E-state index contributed by atoms with van der Waals surface area (Å²) >= 11 is 0. The Morgan fingerprint density at radius 2 is 1.92 bits per heavy atom. The van der Waals surface area contributed by atoms with Gasteiger partial charge in [0.25, 0.3) is 0 Å². The lowest BCUT2D eigenvalue weighted by atomic mass is 9.91. The maximum Gasteiger partial charge on any atom is 0.0150 e. The molecule has 2 fully saturated rings. The van der Waals surface area contributed by atoms with Crippen molar-refractivity contribution < 1.29 is 0 Å². The van der Waals surface area contributed by atoms with Crippen LogP contribution >= 0.6 is 0 Å². The average Bonchev–Trinajstić information content (AvgIpc) is 2.77. The van der Waals surface area contributed by atoms with Crippen molar-refractivity contribution in [2.24, 2.45) is 11.7 Å². The molecule has 0 amide bonds. The van der Waals surface area contributed by atoms with E-state index in [4.69, 9.17) is 5.73 Å². The molecule has 2 aliphatic rings. The van der Waals surface area contributed by atoms with Crippen molar-refractivity contribution in [3.8, 4) is 0 Å². The normalized spacial score (nSPS) is 30.5. The SMILES string of the molecule is CC1(N)CCN(CC2CC2)CC1. The Balaban J connectivity index is 1.73. The number of nitrogens with zero attached hydrogens (tertiary/aromatic N) is 1. The topological polar surface area (TPSA) is 29.3 Å². The molecule has 0 aromatic carbocycles. The molecule has 1 aliphatic carbocycles. The number of rotatable bonds is 2.